The van der Waals surface area contributed by atoms with E-state index in [2.05, 4.69) is 16.0 Å². The van der Waals surface area contributed by atoms with Crippen LogP contribution in [0, 0.1) is 6.92 Å². The highest BCUT2D eigenvalue weighted by molar-refractivity contribution is 7.20. The molecule has 1 aromatic carbocycles. The molecular weight excluding hydrogens is 460 g/mol. The van der Waals surface area contributed by atoms with E-state index in [1.54, 1.807) is 40.4 Å². The van der Waals surface area contributed by atoms with Gasteiger partial charge >= 0.3 is 5.97 Å². The second-order valence-corrected chi connectivity index (χ2v) is 8.77. The number of benzene rings is 1. The Hall–Kier alpha value is -3.21. The first-order valence-electron chi connectivity index (χ1n) is 8.97. The van der Waals surface area contributed by atoms with Crippen LogP contribution in [0.4, 0.5) is 0 Å². The molecule has 0 saturated carbocycles. The van der Waals surface area contributed by atoms with Crippen LogP contribution in [0.2, 0.25) is 5.02 Å². The van der Waals surface area contributed by atoms with Crippen LogP contribution < -0.4 is 10.9 Å². The van der Waals surface area contributed by atoms with Crippen molar-refractivity contribution in [2.75, 3.05) is 6.61 Å². The van der Waals surface area contributed by atoms with Crippen molar-refractivity contribution in [3.05, 3.63) is 68.3 Å². The first-order chi connectivity index (χ1) is 14.9. The van der Waals surface area contributed by atoms with Crippen LogP contribution in [0.3, 0.4) is 0 Å². The first-order valence-corrected chi connectivity index (χ1v) is 11.0. The lowest BCUT2D eigenvalue weighted by molar-refractivity contribution is -0.125. The Labute approximate surface area is 189 Å². The zero-order valence-corrected chi connectivity index (χ0v) is 18.4. The average Bonchev–Trinajstić information content (AvgIpc) is 3.49. The maximum atomic E-state index is 12.4. The van der Waals surface area contributed by atoms with Gasteiger partial charge in [-0.15, -0.1) is 22.7 Å². The fourth-order valence-electron chi connectivity index (χ4n) is 2.74. The Bertz CT molecular complexity index is 1260. The Morgan fingerprint density at radius 2 is 1.90 bits per heavy atom. The molecule has 2 N–H and O–H groups in total. The topological polar surface area (TPSA) is 102 Å². The van der Waals surface area contributed by atoms with Gasteiger partial charge in [-0.05, 0) is 48.7 Å². The van der Waals surface area contributed by atoms with Crippen molar-refractivity contribution >= 4 is 62.3 Å². The number of nitrogens with zero attached hydrogens (tertiary/aromatic N) is 2. The molecule has 0 spiro atoms. The predicted octanol–water partition coefficient (Wildman–Crippen LogP) is 3.73. The van der Waals surface area contributed by atoms with Gasteiger partial charge in [0.2, 0.25) is 0 Å². The number of aromatic nitrogens is 2. The van der Waals surface area contributed by atoms with E-state index in [0.29, 0.717) is 14.8 Å². The number of thiophene rings is 2. The number of esters is 1. The van der Waals surface area contributed by atoms with E-state index in [1.807, 2.05) is 19.1 Å². The van der Waals surface area contributed by atoms with Crippen LogP contribution in [0.5, 0.6) is 0 Å². The number of hydrogen-bond acceptors (Lipinski definition) is 7. The molecule has 0 aliphatic rings. The molecule has 4 aromatic rings. The fourth-order valence-corrected chi connectivity index (χ4v) is 4.56. The van der Waals surface area contributed by atoms with Gasteiger partial charge in [-0.3, -0.25) is 20.4 Å². The van der Waals surface area contributed by atoms with Crippen LogP contribution in [0.1, 0.15) is 25.0 Å². The van der Waals surface area contributed by atoms with E-state index in [1.165, 1.54) is 22.7 Å². The van der Waals surface area contributed by atoms with Gasteiger partial charge in [0, 0.05) is 10.4 Å². The second kappa shape index (κ2) is 8.88. The first kappa shape index (κ1) is 21.0. The summed E-state index contributed by atoms with van der Waals surface area (Å²) >= 11 is 8.40. The van der Waals surface area contributed by atoms with E-state index in [9.17, 15) is 14.4 Å². The number of hydrogen-bond donors (Lipinski definition) is 2. The monoisotopic (exact) mass is 474 g/mol. The van der Waals surface area contributed by atoms with Gasteiger partial charge in [-0.1, -0.05) is 17.7 Å². The maximum absolute atomic E-state index is 12.4. The third-order valence-electron chi connectivity index (χ3n) is 4.21. The van der Waals surface area contributed by atoms with Gasteiger partial charge in [-0.25, -0.2) is 9.48 Å². The Kier molecular flexibility index (Phi) is 6.03. The quantitative estimate of drug-likeness (QED) is 0.339. The number of nitrogens with one attached hydrogen (secondary N) is 2. The molecule has 0 unspecified atom stereocenters. The minimum atomic E-state index is -0.650. The van der Waals surface area contributed by atoms with Crippen molar-refractivity contribution in [2.24, 2.45) is 0 Å². The summed E-state index contributed by atoms with van der Waals surface area (Å²) in [6.45, 7) is 1.32. The Morgan fingerprint density at radius 1 is 1.13 bits per heavy atom. The largest absolute Gasteiger partial charge is 0.451 e. The van der Waals surface area contributed by atoms with Crippen molar-refractivity contribution in [1.82, 2.24) is 20.6 Å². The van der Waals surface area contributed by atoms with Gasteiger partial charge in [0.05, 0.1) is 16.3 Å². The molecular formula is C20H15ClN4O4S2. The lowest BCUT2D eigenvalue weighted by atomic mass is 10.3. The minimum absolute atomic E-state index is 0.341. The van der Waals surface area contributed by atoms with Crippen molar-refractivity contribution in [1.29, 1.82) is 0 Å². The Balaban J connectivity index is 1.40. The average molecular weight is 475 g/mol. The SMILES string of the molecule is Cc1nn(-c2ccc(Cl)cc2)c2sc(C(=O)OCC(=O)NNC(=O)c3cccs3)cc12. The standard InChI is InChI=1S/C20H15ClN4O4S2/c1-11-14-9-16(31-19(14)25(24-11)13-6-4-12(21)5-7-13)20(28)29-10-17(26)22-23-18(27)15-3-2-8-30-15/h2-9H,10H2,1H3,(H,22,26)(H,23,27). The number of carbonyl (C=O) groups excluding carboxylic acids is 3. The predicted molar refractivity (Wildman–Crippen MR) is 119 cm³/mol. The highest BCUT2D eigenvalue weighted by Crippen LogP contribution is 2.31. The number of halogens is 1. The van der Waals surface area contributed by atoms with E-state index in [4.69, 9.17) is 16.3 Å². The molecule has 0 atom stereocenters. The molecule has 3 aromatic heterocycles. The number of rotatable bonds is 5. The highest BCUT2D eigenvalue weighted by atomic mass is 35.5. The lowest BCUT2D eigenvalue weighted by Gasteiger charge is -2.06. The smallest absolute Gasteiger partial charge is 0.348 e. The normalized spacial score (nSPS) is 10.8. The fraction of sp³-hybridized carbons (Fsp3) is 0.100. The van der Waals surface area contributed by atoms with E-state index in [-0.39, 0.29) is 0 Å². The zero-order valence-electron chi connectivity index (χ0n) is 16.0. The van der Waals surface area contributed by atoms with E-state index < -0.39 is 24.4 Å². The summed E-state index contributed by atoms with van der Waals surface area (Å²) in [7, 11) is 0. The van der Waals surface area contributed by atoms with Crippen molar-refractivity contribution in [3.8, 4) is 5.69 Å². The van der Waals surface area contributed by atoms with Crippen molar-refractivity contribution in [2.45, 2.75) is 6.92 Å². The molecule has 158 valence electrons. The van der Waals surface area contributed by atoms with Gasteiger partial charge in [0.1, 0.15) is 9.71 Å². The summed E-state index contributed by atoms with van der Waals surface area (Å²) in [5.74, 6) is -1.73. The van der Waals surface area contributed by atoms with Crippen molar-refractivity contribution in [3.63, 3.8) is 0 Å². The van der Waals surface area contributed by atoms with Crippen LogP contribution >= 0.6 is 34.3 Å². The third-order valence-corrected chi connectivity index (χ3v) is 6.42. The second-order valence-electron chi connectivity index (χ2n) is 6.36. The number of ether oxygens (including phenoxy) is 1. The number of hydrazine groups is 1. The van der Waals surface area contributed by atoms with Crippen LogP contribution in [-0.4, -0.2) is 34.2 Å². The molecule has 2 amide bonds. The molecule has 3 heterocycles. The number of carbonyl (C=O) groups is 3. The molecule has 31 heavy (non-hydrogen) atoms. The lowest BCUT2D eigenvalue weighted by Crippen LogP contribution is -2.43. The maximum Gasteiger partial charge on any atom is 0.348 e. The molecule has 0 aliphatic heterocycles. The zero-order chi connectivity index (χ0) is 22.0. The van der Waals surface area contributed by atoms with Crippen LogP contribution in [0.25, 0.3) is 15.9 Å². The summed E-state index contributed by atoms with van der Waals surface area (Å²) in [6, 6.07) is 12.2. The van der Waals surface area contributed by atoms with Gasteiger partial charge in [0.15, 0.2) is 6.61 Å². The number of aryl methyl sites for hydroxylation is 1. The summed E-state index contributed by atoms with van der Waals surface area (Å²) in [4.78, 5) is 37.7. The minimum Gasteiger partial charge on any atom is -0.451 e. The molecule has 0 saturated heterocycles. The molecule has 0 fully saturated rings. The Morgan fingerprint density at radius 3 is 2.61 bits per heavy atom. The van der Waals surface area contributed by atoms with Crippen LogP contribution in [0.15, 0.2) is 47.8 Å². The summed E-state index contributed by atoms with van der Waals surface area (Å²) in [5.41, 5.74) is 6.05. The highest BCUT2D eigenvalue weighted by Gasteiger charge is 2.19. The molecule has 0 radical (unpaired) electrons. The van der Waals surface area contributed by atoms with E-state index in [0.717, 1.165) is 21.6 Å². The van der Waals surface area contributed by atoms with Crippen LogP contribution in [-0.2, 0) is 9.53 Å². The van der Waals surface area contributed by atoms with E-state index >= 15 is 0 Å². The number of amides is 2. The number of fused-ring (bicyclic) bond motifs is 1. The molecule has 11 heteroatoms. The molecule has 0 aliphatic carbocycles. The summed E-state index contributed by atoms with van der Waals surface area (Å²) in [5, 5.41) is 7.70. The molecule has 8 nitrogen and oxygen atoms in total. The third kappa shape index (κ3) is 4.61. The van der Waals surface area contributed by atoms with Crippen molar-refractivity contribution < 1.29 is 19.1 Å². The molecule has 0 bridgehead atoms. The molecule has 4 rings (SSSR count). The van der Waals surface area contributed by atoms with Gasteiger partial charge in [0.25, 0.3) is 11.8 Å². The summed E-state index contributed by atoms with van der Waals surface area (Å²) < 4.78 is 6.81. The van der Waals surface area contributed by atoms with Gasteiger partial charge in [-0.2, -0.15) is 5.10 Å². The summed E-state index contributed by atoms with van der Waals surface area (Å²) in [6.07, 6.45) is 0. The van der Waals surface area contributed by atoms with Gasteiger partial charge < -0.3 is 4.74 Å².